The van der Waals surface area contributed by atoms with E-state index < -0.39 is 0 Å². The summed E-state index contributed by atoms with van der Waals surface area (Å²) in [6.07, 6.45) is 0.779. The first-order valence-electron chi connectivity index (χ1n) is 7.17. The Morgan fingerprint density at radius 2 is 2.25 bits per heavy atom. The maximum absolute atomic E-state index is 12.1. The summed E-state index contributed by atoms with van der Waals surface area (Å²) in [4.78, 5) is 14.3. The fraction of sp³-hybridized carbons (Fsp3) is 0.562. The van der Waals surface area contributed by atoms with Crippen LogP contribution < -0.4 is 4.74 Å². The Labute approximate surface area is 119 Å². The number of fused-ring (bicyclic) bond motifs is 3. The fourth-order valence-corrected chi connectivity index (χ4v) is 3.67. The van der Waals surface area contributed by atoms with Gasteiger partial charge in [-0.1, -0.05) is 25.1 Å². The number of likely N-dealkylation sites (tertiary alicyclic amines) is 1. The summed E-state index contributed by atoms with van der Waals surface area (Å²) >= 11 is 0. The molecule has 0 bridgehead atoms. The molecule has 108 valence electrons. The molecule has 3 atom stereocenters. The van der Waals surface area contributed by atoms with Gasteiger partial charge in [-0.05, 0) is 26.5 Å². The summed E-state index contributed by atoms with van der Waals surface area (Å²) in [7, 11) is 2.01. The lowest BCUT2D eigenvalue weighted by Gasteiger charge is -2.39. The third-order valence-corrected chi connectivity index (χ3v) is 4.55. The molecular formula is C16H21NO3. The third kappa shape index (κ3) is 1.90. The van der Waals surface area contributed by atoms with Gasteiger partial charge in [0.2, 0.25) is 0 Å². The molecule has 2 aliphatic heterocycles. The van der Waals surface area contributed by atoms with E-state index in [-0.39, 0.29) is 23.5 Å². The molecular weight excluding hydrogens is 254 g/mol. The lowest BCUT2D eigenvalue weighted by molar-refractivity contribution is -0.148. The molecule has 1 aromatic rings. The predicted molar refractivity (Wildman–Crippen MR) is 75.6 cm³/mol. The molecule has 1 fully saturated rings. The van der Waals surface area contributed by atoms with Gasteiger partial charge < -0.3 is 9.47 Å². The largest absolute Gasteiger partial charge is 0.493 e. The Morgan fingerprint density at radius 1 is 1.50 bits per heavy atom. The highest BCUT2D eigenvalue weighted by atomic mass is 16.5. The van der Waals surface area contributed by atoms with E-state index in [4.69, 9.17) is 9.47 Å². The molecule has 0 saturated carbocycles. The van der Waals surface area contributed by atoms with Gasteiger partial charge in [-0.15, -0.1) is 0 Å². The summed E-state index contributed by atoms with van der Waals surface area (Å²) in [6, 6.07) is 8.14. The Kier molecular flexibility index (Phi) is 3.21. The zero-order valence-electron chi connectivity index (χ0n) is 12.3. The number of likely N-dealkylation sites (N-methyl/N-ethyl adjacent to an activating group) is 1. The topological polar surface area (TPSA) is 38.8 Å². The second kappa shape index (κ2) is 4.77. The summed E-state index contributed by atoms with van der Waals surface area (Å²) in [6.45, 7) is 5.12. The van der Waals surface area contributed by atoms with E-state index >= 15 is 0 Å². The van der Waals surface area contributed by atoms with E-state index in [1.165, 1.54) is 5.56 Å². The summed E-state index contributed by atoms with van der Waals surface area (Å²) < 4.78 is 11.1. The van der Waals surface area contributed by atoms with Crippen molar-refractivity contribution in [2.24, 2.45) is 5.41 Å². The van der Waals surface area contributed by atoms with Crippen molar-refractivity contribution >= 4 is 5.97 Å². The van der Waals surface area contributed by atoms with Gasteiger partial charge in [0, 0.05) is 17.0 Å². The Bertz CT molecular complexity index is 530. The molecule has 1 saturated heterocycles. The Balaban J connectivity index is 1.96. The van der Waals surface area contributed by atoms with E-state index in [0.717, 1.165) is 12.2 Å². The lowest BCUT2D eigenvalue weighted by Crippen LogP contribution is -2.38. The van der Waals surface area contributed by atoms with Crippen LogP contribution in [0.5, 0.6) is 5.75 Å². The average molecular weight is 275 g/mol. The number of para-hydroxylation sites is 1. The number of esters is 1. The lowest BCUT2D eigenvalue weighted by atomic mass is 9.77. The summed E-state index contributed by atoms with van der Waals surface area (Å²) in [5.74, 6) is 0.814. The van der Waals surface area contributed by atoms with Crippen LogP contribution in [0.15, 0.2) is 24.3 Å². The van der Waals surface area contributed by atoms with Gasteiger partial charge in [-0.2, -0.15) is 0 Å². The van der Waals surface area contributed by atoms with E-state index in [1.807, 2.05) is 32.2 Å². The third-order valence-electron chi connectivity index (χ3n) is 4.55. The molecule has 0 radical (unpaired) electrons. The Morgan fingerprint density at radius 3 is 3.00 bits per heavy atom. The van der Waals surface area contributed by atoms with Gasteiger partial charge in [-0.25, -0.2) is 0 Å². The quantitative estimate of drug-likeness (QED) is 0.777. The number of benzene rings is 1. The maximum Gasteiger partial charge on any atom is 0.323 e. The van der Waals surface area contributed by atoms with Crippen molar-refractivity contribution in [1.82, 2.24) is 4.90 Å². The number of hydrogen-bond donors (Lipinski definition) is 0. The van der Waals surface area contributed by atoms with E-state index in [1.54, 1.807) is 0 Å². The summed E-state index contributed by atoms with van der Waals surface area (Å²) in [5, 5.41) is 0. The number of nitrogens with zero attached hydrogens (tertiary/aromatic N) is 1. The highest BCUT2D eigenvalue weighted by molar-refractivity contribution is 5.76. The van der Waals surface area contributed by atoms with Crippen LogP contribution in [0.25, 0.3) is 0 Å². The minimum atomic E-state index is -0.181. The smallest absolute Gasteiger partial charge is 0.323 e. The van der Waals surface area contributed by atoms with E-state index in [2.05, 4.69) is 17.9 Å². The molecule has 3 rings (SSSR count). The normalized spacial score (nSPS) is 32.1. The van der Waals surface area contributed by atoms with Crippen LogP contribution in [0, 0.1) is 5.41 Å². The second-order valence-corrected chi connectivity index (χ2v) is 6.02. The fourth-order valence-electron chi connectivity index (χ4n) is 3.67. The van der Waals surface area contributed by atoms with Crippen molar-refractivity contribution in [1.29, 1.82) is 0 Å². The molecule has 1 aromatic carbocycles. The second-order valence-electron chi connectivity index (χ2n) is 6.02. The first-order chi connectivity index (χ1) is 9.57. The molecule has 4 nitrogen and oxygen atoms in total. The number of hydrogen-bond acceptors (Lipinski definition) is 4. The Hall–Kier alpha value is -1.55. The maximum atomic E-state index is 12.1. The first kappa shape index (κ1) is 13.4. The van der Waals surface area contributed by atoms with E-state index in [0.29, 0.717) is 13.2 Å². The number of ether oxygens (including phenoxy) is 2. The minimum Gasteiger partial charge on any atom is -0.493 e. The molecule has 0 unspecified atom stereocenters. The van der Waals surface area contributed by atoms with Gasteiger partial charge in [0.05, 0.1) is 13.2 Å². The standard InChI is InChI=1S/C16H21NO3/c1-4-19-15(18)12-9-16(2)10-20-13-8-6-5-7-11(13)14(16)17(12)3/h5-8,12,14H,4,9-10H2,1-3H3/t12-,14+,16-/m1/s1. The molecule has 20 heavy (non-hydrogen) atoms. The average Bonchev–Trinajstić information content (AvgIpc) is 2.71. The predicted octanol–water partition coefficient (Wildman–Crippen LogP) is 2.39. The molecule has 0 spiro atoms. The molecule has 0 amide bonds. The molecule has 4 heteroatoms. The number of rotatable bonds is 2. The van der Waals surface area contributed by atoms with Crippen LogP contribution in [-0.2, 0) is 9.53 Å². The van der Waals surface area contributed by atoms with Gasteiger partial charge in [0.25, 0.3) is 0 Å². The molecule has 2 heterocycles. The van der Waals surface area contributed by atoms with Crippen molar-refractivity contribution in [3.8, 4) is 5.75 Å². The zero-order chi connectivity index (χ0) is 14.3. The minimum absolute atomic E-state index is 0.0411. The molecule has 0 N–H and O–H groups in total. The van der Waals surface area contributed by atoms with Crippen molar-refractivity contribution in [3.05, 3.63) is 29.8 Å². The highest BCUT2D eigenvalue weighted by Crippen LogP contribution is 2.54. The highest BCUT2D eigenvalue weighted by Gasteiger charge is 2.54. The zero-order valence-corrected chi connectivity index (χ0v) is 12.3. The summed E-state index contributed by atoms with van der Waals surface area (Å²) in [5.41, 5.74) is 1.14. The van der Waals surface area contributed by atoms with Gasteiger partial charge >= 0.3 is 5.97 Å². The van der Waals surface area contributed by atoms with E-state index in [9.17, 15) is 4.79 Å². The number of carbonyl (C=O) groups excluding carboxylic acids is 1. The van der Waals surface area contributed by atoms with Crippen molar-refractivity contribution in [2.75, 3.05) is 20.3 Å². The van der Waals surface area contributed by atoms with Crippen molar-refractivity contribution in [3.63, 3.8) is 0 Å². The van der Waals surface area contributed by atoms with Crippen LogP contribution in [0.2, 0.25) is 0 Å². The van der Waals surface area contributed by atoms with Crippen LogP contribution in [0.4, 0.5) is 0 Å². The van der Waals surface area contributed by atoms with Crippen LogP contribution in [0.3, 0.4) is 0 Å². The van der Waals surface area contributed by atoms with Crippen LogP contribution >= 0.6 is 0 Å². The van der Waals surface area contributed by atoms with Gasteiger partial charge in [0.15, 0.2) is 0 Å². The monoisotopic (exact) mass is 275 g/mol. The molecule has 0 aromatic heterocycles. The number of carbonyl (C=O) groups is 1. The van der Waals surface area contributed by atoms with Crippen LogP contribution in [0.1, 0.15) is 31.9 Å². The van der Waals surface area contributed by atoms with Crippen LogP contribution in [-0.4, -0.2) is 37.2 Å². The molecule has 2 aliphatic rings. The van der Waals surface area contributed by atoms with Gasteiger partial charge in [0.1, 0.15) is 11.8 Å². The first-order valence-corrected chi connectivity index (χ1v) is 7.17. The van der Waals surface area contributed by atoms with Crippen molar-refractivity contribution < 1.29 is 14.3 Å². The van der Waals surface area contributed by atoms with Crippen molar-refractivity contribution in [2.45, 2.75) is 32.4 Å². The SMILES string of the molecule is CCOC(=O)[C@H]1C[C@]2(C)COc3ccccc3[C@@H]2N1C. The van der Waals surface area contributed by atoms with Gasteiger partial charge in [-0.3, -0.25) is 9.69 Å². The molecule has 0 aliphatic carbocycles.